The van der Waals surface area contributed by atoms with Crippen molar-refractivity contribution in [2.24, 2.45) is 5.92 Å². The molecule has 0 saturated heterocycles. The van der Waals surface area contributed by atoms with Crippen LogP contribution in [0.2, 0.25) is 5.02 Å². The number of H-pyrrole nitrogens is 1. The molecule has 1 aliphatic carbocycles. The summed E-state index contributed by atoms with van der Waals surface area (Å²) >= 11 is 6.43. The zero-order chi connectivity index (χ0) is 24.0. The van der Waals surface area contributed by atoms with Crippen molar-refractivity contribution < 1.29 is 4.79 Å². The van der Waals surface area contributed by atoms with Gasteiger partial charge in [-0.3, -0.25) is 0 Å². The number of benzene rings is 1. The Bertz CT molecular complexity index is 1190. The van der Waals surface area contributed by atoms with Crippen LogP contribution in [0.3, 0.4) is 0 Å². The zero-order valence-corrected chi connectivity index (χ0v) is 20.9. The van der Waals surface area contributed by atoms with Crippen molar-refractivity contribution in [1.29, 1.82) is 0 Å². The summed E-state index contributed by atoms with van der Waals surface area (Å²) in [6.45, 7) is 11.7. The predicted octanol–water partition coefficient (Wildman–Crippen LogP) is 6.78. The Morgan fingerprint density at radius 3 is 2.64 bits per heavy atom. The van der Waals surface area contributed by atoms with Crippen LogP contribution in [0.4, 0.5) is 5.95 Å². The van der Waals surface area contributed by atoms with E-state index in [1.54, 1.807) is 0 Å². The van der Waals surface area contributed by atoms with Gasteiger partial charge < -0.3 is 14.7 Å². The second-order valence-corrected chi connectivity index (χ2v) is 9.22. The van der Waals surface area contributed by atoms with Gasteiger partial charge in [0.1, 0.15) is 6.29 Å². The van der Waals surface area contributed by atoms with E-state index in [-0.39, 0.29) is 0 Å². The highest BCUT2D eigenvalue weighted by atomic mass is 35.5. The van der Waals surface area contributed by atoms with Crippen LogP contribution >= 0.6 is 11.6 Å². The van der Waals surface area contributed by atoms with Crippen molar-refractivity contribution in [1.82, 2.24) is 9.97 Å². The number of halogens is 1. The Labute approximate surface area is 202 Å². The van der Waals surface area contributed by atoms with Crippen molar-refractivity contribution >= 4 is 23.8 Å². The van der Waals surface area contributed by atoms with Crippen LogP contribution in [0.1, 0.15) is 45.4 Å². The highest BCUT2D eigenvalue weighted by Gasteiger charge is 2.20. The number of aromatic nitrogens is 2. The summed E-state index contributed by atoms with van der Waals surface area (Å²) in [6, 6.07) is 6.07. The molecule has 1 N–H and O–H groups in total. The summed E-state index contributed by atoms with van der Waals surface area (Å²) in [5, 5.41) is 0.731. The van der Waals surface area contributed by atoms with Gasteiger partial charge in [0.25, 0.3) is 0 Å². The molecule has 1 heterocycles. The number of allylic oxidation sites excluding steroid dienone is 4. The van der Waals surface area contributed by atoms with Crippen LogP contribution < -0.4 is 4.90 Å². The smallest absolute Gasteiger partial charge is 0.203 e. The number of carbonyl (C=O) groups is 1. The van der Waals surface area contributed by atoms with Gasteiger partial charge in [-0.1, -0.05) is 55.1 Å². The number of aldehydes is 1. The third-order valence-corrected chi connectivity index (χ3v) is 6.12. The molecule has 0 atom stereocenters. The minimum Gasteiger partial charge on any atom is -0.338 e. The number of hydrogen-bond donors (Lipinski definition) is 1. The van der Waals surface area contributed by atoms with Gasteiger partial charge >= 0.3 is 0 Å². The van der Waals surface area contributed by atoms with Crippen LogP contribution in [0.25, 0.3) is 11.3 Å². The first-order valence-corrected chi connectivity index (χ1v) is 11.8. The van der Waals surface area contributed by atoms with Crippen LogP contribution in [0.5, 0.6) is 0 Å². The molecule has 33 heavy (non-hydrogen) atoms. The Morgan fingerprint density at radius 2 is 2.00 bits per heavy atom. The van der Waals surface area contributed by atoms with Crippen LogP contribution in [0.15, 0.2) is 64.6 Å². The number of nitrogens with one attached hydrogen (secondary N) is 1. The summed E-state index contributed by atoms with van der Waals surface area (Å²) in [5.41, 5.74) is 13.5. The van der Waals surface area contributed by atoms with Gasteiger partial charge in [-0.05, 0) is 73.6 Å². The maximum Gasteiger partial charge on any atom is 0.203 e. The van der Waals surface area contributed by atoms with Crippen molar-refractivity contribution in [3.63, 3.8) is 0 Å². The maximum atomic E-state index is 11.2. The molecule has 2 aromatic rings. The number of rotatable bonds is 10. The summed E-state index contributed by atoms with van der Waals surface area (Å²) in [5.74, 6) is 1.23. The molecule has 172 valence electrons. The molecule has 1 aromatic heterocycles. The van der Waals surface area contributed by atoms with Gasteiger partial charge in [0, 0.05) is 35.8 Å². The Kier molecular flexibility index (Phi) is 8.36. The summed E-state index contributed by atoms with van der Waals surface area (Å²) in [7, 11) is 0. The van der Waals surface area contributed by atoms with Gasteiger partial charge in [-0.25, -0.2) is 4.98 Å². The quantitative estimate of drug-likeness (QED) is 0.313. The van der Waals surface area contributed by atoms with E-state index in [0.29, 0.717) is 25.4 Å². The van der Waals surface area contributed by atoms with Gasteiger partial charge in [-0.2, -0.15) is 0 Å². The van der Waals surface area contributed by atoms with E-state index in [9.17, 15) is 4.79 Å². The van der Waals surface area contributed by atoms with Crippen molar-refractivity contribution in [3.8, 4) is 11.3 Å². The van der Waals surface area contributed by atoms with Gasteiger partial charge in [-0.15, -0.1) is 0 Å². The van der Waals surface area contributed by atoms with Crippen LogP contribution in [-0.4, -0.2) is 29.3 Å². The fraction of sp³-hybridized carbons (Fsp3) is 0.357. The molecule has 0 aliphatic heterocycles. The number of nitrogens with zero attached hydrogens (tertiary/aromatic N) is 2. The normalized spacial score (nSPS) is 13.4. The molecule has 5 heteroatoms. The number of anilines is 1. The lowest BCUT2D eigenvalue weighted by molar-refractivity contribution is -0.107. The molecule has 0 radical (unpaired) electrons. The first-order chi connectivity index (χ1) is 15.8. The van der Waals surface area contributed by atoms with E-state index in [0.717, 1.165) is 62.9 Å². The zero-order valence-electron chi connectivity index (χ0n) is 20.1. The number of hydrogen-bond acceptors (Lipinski definition) is 3. The monoisotopic (exact) mass is 461 g/mol. The average Bonchev–Trinajstić information content (AvgIpc) is 3.19. The topological polar surface area (TPSA) is 49.0 Å². The largest absolute Gasteiger partial charge is 0.338 e. The SMILES string of the molecule is C/C=C(/CN(CCC=O)c1nc(-c2ccc(C)c(Cl)c2)c(CC(C)C)[nH]1)C1=C(C)C=C=C=C1. The molecule has 0 amide bonds. The third-order valence-electron chi connectivity index (χ3n) is 5.71. The molecule has 0 fully saturated rings. The Balaban J connectivity index is 2.02. The number of imidazole rings is 1. The van der Waals surface area contributed by atoms with Crippen molar-refractivity contribution in [2.75, 3.05) is 18.0 Å². The van der Waals surface area contributed by atoms with Gasteiger partial charge in [0.15, 0.2) is 0 Å². The fourth-order valence-electron chi connectivity index (χ4n) is 3.89. The highest BCUT2D eigenvalue weighted by molar-refractivity contribution is 6.31. The number of carbonyl (C=O) groups excluding carboxylic acids is 1. The Morgan fingerprint density at radius 1 is 1.24 bits per heavy atom. The number of aromatic amines is 1. The molecule has 0 unspecified atom stereocenters. The first kappa shape index (κ1) is 24.6. The number of aryl methyl sites for hydroxylation is 1. The minimum atomic E-state index is 0.427. The molecule has 1 aliphatic rings. The highest BCUT2D eigenvalue weighted by Crippen LogP contribution is 2.31. The van der Waals surface area contributed by atoms with Crippen LogP contribution in [0, 0.1) is 12.8 Å². The second kappa shape index (κ2) is 11.2. The minimum absolute atomic E-state index is 0.427. The second-order valence-electron chi connectivity index (χ2n) is 8.81. The molecule has 1 aromatic carbocycles. The van der Waals surface area contributed by atoms with E-state index in [1.165, 1.54) is 0 Å². The van der Waals surface area contributed by atoms with Crippen LogP contribution in [-0.2, 0) is 11.2 Å². The molecule has 0 spiro atoms. The molecule has 3 rings (SSSR count). The van der Waals surface area contributed by atoms with E-state index < -0.39 is 0 Å². The lowest BCUT2D eigenvalue weighted by Crippen LogP contribution is -2.29. The van der Waals surface area contributed by atoms with Crippen molar-refractivity contribution in [2.45, 2.75) is 47.5 Å². The molecular formula is C28H32ClN3O. The van der Waals surface area contributed by atoms with Crippen molar-refractivity contribution in [3.05, 3.63) is 80.9 Å². The first-order valence-electron chi connectivity index (χ1n) is 11.4. The van der Waals surface area contributed by atoms with Gasteiger partial charge in [0.05, 0.1) is 5.69 Å². The summed E-state index contributed by atoms with van der Waals surface area (Å²) in [6.07, 6.45) is 8.28. The average molecular weight is 462 g/mol. The molecule has 0 bridgehead atoms. The standard InChI is InChI=1S/C28H32ClN3O/c1-6-22(24-11-8-7-10-20(24)4)18-32(14-9-15-33)28-30-26(16-19(2)3)27(31-28)23-13-12-21(5)25(29)17-23/h6,10-13,15,17,19H,9,14,16,18H2,1-5H3,(H,30,31)/b22-6-. The fourth-order valence-corrected chi connectivity index (χ4v) is 4.07. The molecule has 0 saturated carbocycles. The van der Waals surface area contributed by atoms with E-state index >= 15 is 0 Å². The summed E-state index contributed by atoms with van der Waals surface area (Å²) in [4.78, 5) is 22.0. The van der Waals surface area contributed by atoms with Gasteiger partial charge in [0.2, 0.25) is 5.95 Å². The van der Waals surface area contributed by atoms with E-state index in [1.807, 2.05) is 38.1 Å². The lowest BCUT2D eigenvalue weighted by atomic mass is 9.98. The lowest BCUT2D eigenvalue weighted by Gasteiger charge is -2.24. The van der Waals surface area contributed by atoms with E-state index in [4.69, 9.17) is 16.6 Å². The maximum absolute atomic E-state index is 11.2. The predicted molar refractivity (Wildman–Crippen MR) is 138 cm³/mol. The summed E-state index contributed by atoms with van der Waals surface area (Å²) < 4.78 is 0. The third kappa shape index (κ3) is 6.06. The Hall–Kier alpha value is -3.03. The van der Waals surface area contributed by atoms with E-state index in [2.05, 4.69) is 54.3 Å². The molecule has 4 nitrogen and oxygen atoms in total. The molecular weight excluding hydrogens is 430 g/mol.